The molecular formula is C18H26N2. The Morgan fingerprint density at radius 3 is 2.65 bits per heavy atom. The van der Waals surface area contributed by atoms with E-state index in [0.29, 0.717) is 12.0 Å². The minimum Gasteiger partial charge on any atom is -0.320 e. The van der Waals surface area contributed by atoms with Crippen LogP contribution in [0, 0.1) is 17.3 Å². The molecule has 0 unspecified atom stereocenters. The lowest BCUT2D eigenvalue weighted by molar-refractivity contribution is 0.236. The molecule has 1 aromatic carbocycles. The molecule has 0 amide bonds. The third-order valence-electron chi connectivity index (χ3n) is 4.75. The maximum Gasteiger partial charge on any atom is 0.0555 e. The molecule has 0 aromatic heterocycles. The van der Waals surface area contributed by atoms with Crippen molar-refractivity contribution >= 4 is 0 Å². The SMILES string of the molecule is CCC1(CC)CCN(Cc2ccccc2C#CCN)C1. The first-order chi connectivity index (χ1) is 9.73. The third-order valence-corrected chi connectivity index (χ3v) is 4.75. The molecule has 0 aliphatic carbocycles. The summed E-state index contributed by atoms with van der Waals surface area (Å²) in [5, 5.41) is 0. The third kappa shape index (κ3) is 3.42. The Morgan fingerprint density at radius 1 is 1.25 bits per heavy atom. The van der Waals surface area contributed by atoms with Crippen molar-refractivity contribution in [3.05, 3.63) is 35.4 Å². The van der Waals surface area contributed by atoms with Crippen molar-refractivity contribution in [2.24, 2.45) is 11.1 Å². The summed E-state index contributed by atoms with van der Waals surface area (Å²) in [7, 11) is 0. The monoisotopic (exact) mass is 270 g/mol. The molecule has 0 bridgehead atoms. The van der Waals surface area contributed by atoms with Gasteiger partial charge in [0.1, 0.15) is 0 Å². The van der Waals surface area contributed by atoms with E-state index in [9.17, 15) is 0 Å². The van der Waals surface area contributed by atoms with Crippen molar-refractivity contribution in [1.82, 2.24) is 4.90 Å². The van der Waals surface area contributed by atoms with Crippen LogP contribution in [-0.2, 0) is 6.54 Å². The molecule has 2 nitrogen and oxygen atoms in total. The zero-order valence-electron chi connectivity index (χ0n) is 12.8. The smallest absolute Gasteiger partial charge is 0.0555 e. The quantitative estimate of drug-likeness (QED) is 0.852. The predicted molar refractivity (Wildman–Crippen MR) is 85.3 cm³/mol. The van der Waals surface area contributed by atoms with Gasteiger partial charge in [-0.2, -0.15) is 0 Å². The fourth-order valence-electron chi connectivity index (χ4n) is 3.16. The van der Waals surface area contributed by atoms with Gasteiger partial charge in [0.05, 0.1) is 6.54 Å². The average Bonchev–Trinajstić information content (AvgIpc) is 2.90. The molecule has 0 saturated carbocycles. The molecule has 0 radical (unpaired) electrons. The Morgan fingerprint density at radius 2 is 2.00 bits per heavy atom. The normalized spacial score (nSPS) is 17.8. The minimum atomic E-state index is 0.423. The maximum absolute atomic E-state index is 5.48. The molecular weight excluding hydrogens is 244 g/mol. The molecule has 2 heteroatoms. The number of hydrogen-bond acceptors (Lipinski definition) is 2. The molecule has 2 N–H and O–H groups in total. The Bertz CT molecular complexity index is 492. The average molecular weight is 270 g/mol. The van der Waals surface area contributed by atoms with Crippen molar-refractivity contribution < 1.29 is 0 Å². The van der Waals surface area contributed by atoms with Crippen LogP contribution in [0.5, 0.6) is 0 Å². The van der Waals surface area contributed by atoms with E-state index >= 15 is 0 Å². The van der Waals surface area contributed by atoms with Gasteiger partial charge in [-0.3, -0.25) is 4.90 Å². The molecule has 1 aliphatic heterocycles. The van der Waals surface area contributed by atoms with E-state index < -0.39 is 0 Å². The highest BCUT2D eigenvalue weighted by molar-refractivity contribution is 5.41. The number of benzene rings is 1. The summed E-state index contributed by atoms with van der Waals surface area (Å²) >= 11 is 0. The van der Waals surface area contributed by atoms with Gasteiger partial charge in [0.15, 0.2) is 0 Å². The first kappa shape index (κ1) is 15.1. The minimum absolute atomic E-state index is 0.423. The maximum atomic E-state index is 5.48. The summed E-state index contributed by atoms with van der Waals surface area (Å²) < 4.78 is 0. The topological polar surface area (TPSA) is 29.3 Å². The standard InChI is InChI=1S/C18H26N2/c1-3-18(4-2)11-13-20(15-18)14-17-9-6-5-8-16(17)10-7-12-19/h5-6,8-9H,3-4,11-15,19H2,1-2H3. The second-order valence-electron chi connectivity index (χ2n) is 5.83. The second kappa shape index (κ2) is 6.92. The second-order valence-corrected chi connectivity index (χ2v) is 5.83. The zero-order chi connectivity index (χ0) is 14.4. The van der Waals surface area contributed by atoms with E-state index in [0.717, 1.165) is 12.1 Å². The van der Waals surface area contributed by atoms with Gasteiger partial charge in [0, 0.05) is 18.7 Å². The fourth-order valence-corrected chi connectivity index (χ4v) is 3.16. The van der Waals surface area contributed by atoms with Crippen molar-refractivity contribution in [2.75, 3.05) is 19.6 Å². The summed E-state index contributed by atoms with van der Waals surface area (Å²) in [5.41, 5.74) is 8.48. The Kier molecular flexibility index (Phi) is 5.23. The zero-order valence-corrected chi connectivity index (χ0v) is 12.8. The van der Waals surface area contributed by atoms with Gasteiger partial charge in [0.2, 0.25) is 0 Å². The molecule has 20 heavy (non-hydrogen) atoms. The predicted octanol–water partition coefficient (Wildman–Crippen LogP) is 3.01. The van der Waals surface area contributed by atoms with Crippen LogP contribution in [0.1, 0.15) is 44.2 Å². The molecule has 1 aromatic rings. The van der Waals surface area contributed by atoms with Crippen LogP contribution in [0.25, 0.3) is 0 Å². The van der Waals surface area contributed by atoms with Gasteiger partial charge >= 0.3 is 0 Å². The summed E-state index contributed by atoms with van der Waals surface area (Å²) in [6.45, 7) is 8.52. The molecule has 0 spiro atoms. The van der Waals surface area contributed by atoms with Crippen LogP contribution in [0.2, 0.25) is 0 Å². The summed E-state index contributed by atoms with van der Waals surface area (Å²) in [4.78, 5) is 2.58. The van der Waals surface area contributed by atoms with Crippen molar-refractivity contribution in [3.63, 3.8) is 0 Å². The van der Waals surface area contributed by atoms with Crippen LogP contribution >= 0.6 is 0 Å². The first-order valence-electron chi connectivity index (χ1n) is 7.72. The van der Waals surface area contributed by atoms with E-state index in [4.69, 9.17) is 5.73 Å². The number of nitrogens with two attached hydrogens (primary N) is 1. The van der Waals surface area contributed by atoms with Gasteiger partial charge in [-0.05, 0) is 42.9 Å². The van der Waals surface area contributed by atoms with E-state index in [1.54, 1.807) is 0 Å². The van der Waals surface area contributed by atoms with Gasteiger partial charge in [-0.25, -0.2) is 0 Å². The van der Waals surface area contributed by atoms with Crippen LogP contribution in [0.15, 0.2) is 24.3 Å². The first-order valence-corrected chi connectivity index (χ1v) is 7.72. The Labute approximate surface area is 123 Å². The highest BCUT2D eigenvalue weighted by atomic mass is 15.2. The molecule has 0 atom stereocenters. The van der Waals surface area contributed by atoms with Crippen LogP contribution in [0.4, 0.5) is 0 Å². The van der Waals surface area contributed by atoms with E-state index in [2.05, 4.69) is 54.9 Å². The molecule has 1 fully saturated rings. The summed E-state index contributed by atoms with van der Waals surface area (Å²) in [6.07, 6.45) is 3.90. The van der Waals surface area contributed by atoms with E-state index in [-0.39, 0.29) is 0 Å². The molecule has 2 rings (SSSR count). The lowest BCUT2D eigenvalue weighted by Gasteiger charge is -2.26. The van der Waals surface area contributed by atoms with E-state index in [1.807, 2.05) is 0 Å². The van der Waals surface area contributed by atoms with Crippen molar-refractivity contribution in [1.29, 1.82) is 0 Å². The number of likely N-dealkylation sites (tertiary alicyclic amines) is 1. The lowest BCUT2D eigenvalue weighted by Crippen LogP contribution is -2.26. The Hall–Kier alpha value is -1.30. The van der Waals surface area contributed by atoms with Gasteiger partial charge < -0.3 is 5.73 Å². The highest BCUT2D eigenvalue weighted by Gasteiger charge is 2.34. The van der Waals surface area contributed by atoms with Crippen LogP contribution < -0.4 is 5.73 Å². The Balaban J connectivity index is 2.08. The lowest BCUT2D eigenvalue weighted by atomic mass is 9.82. The van der Waals surface area contributed by atoms with Crippen LogP contribution in [-0.4, -0.2) is 24.5 Å². The number of rotatable bonds is 4. The van der Waals surface area contributed by atoms with Gasteiger partial charge in [0.25, 0.3) is 0 Å². The van der Waals surface area contributed by atoms with Crippen molar-refractivity contribution in [2.45, 2.75) is 39.7 Å². The highest BCUT2D eigenvalue weighted by Crippen LogP contribution is 2.37. The van der Waals surface area contributed by atoms with Gasteiger partial charge in [-0.1, -0.05) is 43.9 Å². The van der Waals surface area contributed by atoms with Crippen molar-refractivity contribution in [3.8, 4) is 11.8 Å². The molecule has 1 saturated heterocycles. The molecule has 108 valence electrons. The largest absolute Gasteiger partial charge is 0.320 e. The summed E-state index contributed by atoms with van der Waals surface area (Å²) in [5.74, 6) is 6.16. The molecule has 1 heterocycles. The number of nitrogens with zero attached hydrogens (tertiary/aromatic N) is 1. The van der Waals surface area contributed by atoms with Gasteiger partial charge in [-0.15, -0.1) is 0 Å². The summed E-state index contributed by atoms with van der Waals surface area (Å²) in [6, 6.07) is 8.45. The number of hydrogen-bond donors (Lipinski definition) is 1. The van der Waals surface area contributed by atoms with E-state index in [1.165, 1.54) is 37.9 Å². The van der Waals surface area contributed by atoms with Crippen LogP contribution in [0.3, 0.4) is 0 Å². The molecule has 1 aliphatic rings. The fraction of sp³-hybridized carbons (Fsp3) is 0.556.